The summed E-state index contributed by atoms with van der Waals surface area (Å²) in [7, 11) is -4.45. The molecule has 0 spiro atoms. The Balaban J connectivity index is 1.50. The van der Waals surface area contributed by atoms with Crippen molar-refractivity contribution < 1.29 is 26.8 Å². The predicted octanol–water partition coefficient (Wildman–Crippen LogP) is 2.91. The fourth-order valence-electron chi connectivity index (χ4n) is 6.36. The minimum atomic E-state index is -4.45. The second-order valence-electron chi connectivity index (χ2n) is 10.2. The van der Waals surface area contributed by atoms with Crippen molar-refractivity contribution in [1.82, 2.24) is 4.72 Å². The average Bonchev–Trinajstić information content (AvgIpc) is 2.64. The summed E-state index contributed by atoms with van der Waals surface area (Å²) in [6.07, 6.45) is 4.31. The molecule has 4 saturated carbocycles. The fraction of sp³-hybridized carbons (Fsp3) is 0.636. The van der Waals surface area contributed by atoms with Crippen LogP contribution in [-0.2, 0) is 19.6 Å². The molecular formula is C22H28F2N2O4S. The number of rotatable bonds is 7. The van der Waals surface area contributed by atoms with Crippen LogP contribution in [0.15, 0.2) is 23.1 Å². The van der Waals surface area contributed by atoms with E-state index in [2.05, 4.69) is 4.72 Å². The Labute approximate surface area is 181 Å². The molecule has 1 amide bonds. The molecule has 4 aliphatic rings. The van der Waals surface area contributed by atoms with E-state index in [4.69, 9.17) is 5.73 Å². The minimum absolute atomic E-state index is 0.0752. The van der Waals surface area contributed by atoms with Gasteiger partial charge in [0.05, 0.1) is 5.54 Å². The van der Waals surface area contributed by atoms with Crippen LogP contribution in [0.4, 0.5) is 8.78 Å². The van der Waals surface area contributed by atoms with Gasteiger partial charge in [-0.25, -0.2) is 17.2 Å². The number of carbonyl (C=O) groups is 2. The predicted molar refractivity (Wildman–Crippen MR) is 109 cm³/mol. The number of nitrogens with two attached hydrogens (primary N) is 1. The highest BCUT2D eigenvalue weighted by Gasteiger charge is 2.58. The van der Waals surface area contributed by atoms with Gasteiger partial charge < -0.3 is 5.73 Å². The summed E-state index contributed by atoms with van der Waals surface area (Å²) in [5.74, 6) is -1.56. The average molecular weight is 455 g/mol. The molecular weight excluding hydrogens is 426 g/mol. The van der Waals surface area contributed by atoms with Crippen molar-refractivity contribution >= 4 is 21.7 Å². The lowest BCUT2D eigenvalue weighted by molar-refractivity contribution is -0.152. The molecule has 6 nitrogen and oxygen atoms in total. The molecule has 1 aromatic rings. The second-order valence-corrected chi connectivity index (χ2v) is 11.9. The lowest BCUT2D eigenvalue weighted by atomic mass is 9.45. The largest absolute Gasteiger partial charge is 0.369 e. The Kier molecular flexibility index (Phi) is 5.28. The first-order valence-electron chi connectivity index (χ1n) is 10.7. The minimum Gasteiger partial charge on any atom is -0.369 e. The highest BCUT2D eigenvalue weighted by Crippen LogP contribution is 2.62. The number of hydrogen-bond acceptors (Lipinski definition) is 4. The van der Waals surface area contributed by atoms with Crippen molar-refractivity contribution in [3.63, 3.8) is 0 Å². The van der Waals surface area contributed by atoms with Gasteiger partial charge in [-0.2, -0.15) is 4.72 Å². The van der Waals surface area contributed by atoms with Gasteiger partial charge in [0.15, 0.2) is 5.78 Å². The Morgan fingerprint density at radius 2 is 1.77 bits per heavy atom. The zero-order chi connectivity index (χ0) is 22.8. The van der Waals surface area contributed by atoms with Crippen molar-refractivity contribution in [2.75, 3.05) is 0 Å². The molecule has 0 aromatic heterocycles. The van der Waals surface area contributed by atoms with Crippen molar-refractivity contribution in [1.29, 1.82) is 0 Å². The summed E-state index contributed by atoms with van der Waals surface area (Å²) < 4.78 is 55.1. The normalized spacial score (nSPS) is 32.3. The maximum atomic E-state index is 14.0. The molecule has 1 aromatic carbocycles. The van der Waals surface area contributed by atoms with Gasteiger partial charge >= 0.3 is 0 Å². The van der Waals surface area contributed by atoms with Gasteiger partial charge in [-0.15, -0.1) is 0 Å². The van der Waals surface area contributed by atoms with Gasteiger partial charge in [0.1, 0.15) is 16.5 Å². The third-order valence-electron chi connectivity index (χ3n) is 7.68. The number of nitrogens with one attached hydrogen (secondary N) is 1. The molecule has 3 N–H and O–H groups in total. The molecule has 9 heteroatoms. The van der Waals surface area contributed by atoms with E-state index >= 15 is 0 Å². The molecule has 0 radical (unpaired) electrons. The third-order valence-corrected chi connectivity index (χ3v) is 9.35. The number of benzene rings is 1. The fourth-order valence-corrected chi connectivity index (χ4v) is 7.85. The van der Waals surface area contributed by atoms with Crippen LogP contribution in [-0.4, -0.2) is 25.6 Å². The zero-order valence-electron chi connectivity index (χ0n) is 17.7. The van der Waals surface area contributed by atoms with Crippen LogP contribution in [0.2, 0.25) is 0 Å². The maximum Gasteiger partial charge on any atom is 0.244 e. The highest BCUT2D eigenvalue weighted by molar-refractivity contribution is 7.89. The van der Waals surface area contributed by atoms with Crippen LogP contribution in [0.5, 0.6) is 0 Å². The van der Waals surface area contributed by atoms with Crippen LogP contribution in [0.3, 0.4) is 0 Å². The first-order chi connectivity index (χ1) is 14.3. The van der Waals surface area contributed by atoms with E-state index < -0.39 is 37.5 Å². The Morgan fingerprint density at radius 3 is 2.35 bits per heavy atom. The van der Waals surface area contributed by atoms with Crippen molar-refractivity contribution in [3.8, 4) is 0 Å². The maximum absolute atomic E-state index is 14.0. The number of amides is 1. The van der Waals surface area contributed by atoms with Crippen LogP contribution in [0, 0.1) is 40.7 Å². The number of hydrogen-bond donors (Lipinski definition) is 2. The summed E-state index contributed by atoms with van der Waals surface area (Å²) in [6.45, 7) is 2.87. The van der Waals surface area contributed by atoms with E-state index in [0.717, 1.165) is 31.4 Å². The quantitative estimate of drug-likeness (QED) is 0.661. The zero-order valence-corrected chi connectivity index (χ0v) is 18.5. The number of Topliss-reactive ketones (excluding diaryl/α,β-unsaturated/α-hetero) is 1. The molecule has 31 heavy (non-hydrogen) atoms. The van der Waals surface area contributed by atoms with Gasteiger partial charge in [-0.1, -0.05) is 0 Å². The molecule has 0 aliphatic heterocycles. The van der Waals surface area contributed by atoms with Gasteiger partial charge in [-0.3, -0.25) is 9.59 Å². The van der Waals surface area contributed by atoms with E-state index in [1.54, 1.807) is 0 Å². The Morgan fingerprint density at radius 1 is 1.16 bits per heavy atom. The van der Waals surface area contributed by atoms with Crippen LogP contribution in [0.25, 0.3) is 0 Å². The van der Waals surface area contributed by atoms with Crippen LogP contribution >= 0.6 is 0 Å². The van der Waals surface area contributed by atoms with Crippen molar-refractivity contribution in [2.24, 2.45) is 34.8 Å². The van der Waals surface area contributed by atoms with E-state index in [-0.39, 0.29) is 35.9 Å². The van der Waals surface area contributed by atoms with Gasteiger partial charge in [0, 0.05) is 11.8 Å². The smallest absolute Gasteiger partial charge is 0.244 e. The summed E-state index contributed by atoms with van der Waals surface area (Å²) in [6, 6.07) is 2.16. The molecule has 0 saturated heterocycles. The first kappa shape index (κ1) is 22.3. The molecule has 170 valence electrons. The summed E-state index contributed by atoms with van der Waals surface area (Å²) in [5, 5.41) is 0. The Bertz CT molecular complexity index is 1020. The number of primary amides is 1. The molecule has 4 bridgehead atoms. The van der Waals surface area contributed by atoms with Crippen LogP contribution in [0.1, 0.15) is 52.4 Å². The molecule has 0 heterocycles. The molecule has 4 fully saturated rings. The number of ketones is 1. The van der Waals surface area contributed by atoms with Gasteiger partial charge in [-0.05, 0) is 87.8 Å². The topological polar surface area (TPSA) is 106 Å². The first-order valence-corrected chi connectivity index (χ1v) is 12.1. The van der Waals surface area contributed by atoms with Crippen molar-refractivity contribution in [3.05, 3.63) is 29.8 Å². The number of carbonyl (C=O) groups excluding carboxylic acids is 2. The Hall–Kier alpha value is -1.87. The van der Waals surface area contributed by atoms with Crippen LogP contribution < -0.4 is 10.5 Å². The number of halogens is 2. The second kappa shape index (κ2) is 7.33. The van der Waals surface area contributed by atoms with Crippen molar-refractivity contribution in [2.45, 2.75) is 62.8 Å². The molecule has 4 aliphatic carbocycles. The SMILES string of the molecule is CC(C)(NS(=O)(=O)c1cc(F)ccc1F)C(=O)CC1C2CC3CC1CC(C(N)=O)(C3)C2. The standard InChI is InChI=1S/C22H28F2N2O4S/c1-21(2,26-31(29,30)18-7-15(23)3-4-17(18)24)19(27)8-16-13-5-12-6-14(16)11-22(9-12,10-13)20(25)28/h3-4,7,12-14,16,26H,5-6,8-11H2,1-2H3,(H2,25,28). The molecule has 2 atom stereocenters. The highest BCUT2D eigenvalue weighted by atomic mass is 32.2. The summed E-state index contributed by atoms with van der Waals surface area (Å²) in [5.41, 5.74) is 3.77. The number of sulfonamides is 1. The van der Waals surface area contributed by atoms with E-state index in [0.29, 0.717) is 24.8 Å². The van der Waals surface area contributed by atoms with E-state index in [1.165, 1.54) is 13.8 Å². The third kappa shape index (κ3) is 3.91. The lowest BCUT2D eigenvalue weighted by Gasteiger charge is -2.59. The van der Waals surface area contributed by atoms with E-state index in [9.17, 15) is 26.8 Å². The van der Waals surface area contributed by atoms with E-state index in [1.807, 2.05) is 0 Å². The molecule has 5 rings (SSSR count). The lowest BCUT2D eigenvalue weighted by Crippen LogP contribution is -2.57. The summed E-state index contributed by atoms with van der Waals surface area (Å²) >= 11 is 0. The summed E-state index contributed by atoms with van der Waals surface area (Å²) in [4.78, 5) is 24.4. The molecule has 2 unspecified atom stereocenters. The van der Waals surface area contributed by atoms with Gasteiger partial charge in [0.25, 0.3) is 0 Å². The van der Waals surface area contributed by atoms with Gasteiger partial charge in [0.2, 0.25) is 15.9 Å². The monoisotopic (exact) mass is 454 g/mol.